The molecule has 4 heteroatoms. The number of aliphatic carboxylic acids is 1. The summed E-state index contributed by atoms with van der Waals surface area (Å²) < 4.78 is 5.30. The molecule has 0 spiro atoms. The van der Waals surface area contributed by atoms with Gasteiger partial charge in [0.2, 0.25) is 0 Å². The molecule has 3 nitrogen and oxygen atoms in total. The average Bonchev–Trinajstić information content (AvgIpc) is 2.85. The first-order valence-corrected chi connectivity index (χ1v) is 6.17. The van der Waals surface area contributed by atoms with E-state index in [0.717, 1.165) is 23.7 Å². The van der Waals surface area contributed by atoms with Crippen LogP contribution >= 0.6 is 11.8 Å². The third-order valence-electron chi connectivity index (χ3n) is 2.77. The Kier molecular flexibility index (Phi) is 3.05. The molecule has 0 aromatic carbocycles. The van der Waals surface area contributed by atoms with E-state index in [1.165, 1.54) is 5.56 Å². The highest BCUT2D eigenvalue weighted by molar-refractivity contribution is 7.98. The molecule has 2 rings (SSSR count). The first-order chi connectivity index (χ1) is 7.18. The first kappa shape index (κ1) is 10.6. The Labute approximate surface area is 92.9 Å². The summed E-state index contributed by atoms with van der Waals surface area (Å²) in [5, 5.41) is 8.72. The van der Waals surface area contributed by atoms with E-state index >= 15 is 0 Å². The summed E-state index contributed by atoms with van der Waals surface area (Å²) in [7, 11) is 0. The van der Waals surface area contributed by atoms with Crippen LogP contribution < -0.4 is 0 Å². The van der Waals surface area contributed by atoms with Crippen molar-refractivity contribution in [2.75, 3.05) is 5.75 Å². The fourth-order valence-corrected chi connectivity index (χ4v) is 2.86. The van der Waals surface area contributed by atoms with Crippen LogP contribution in [0.15, 0.2) is 16.7 Å². The molecule has 1 aliphatic rings. The van der Waals surface area contributed by atoms with E-state index in [4.69, 9.17) is 9.52 Å². The van der Waals surface area contributed by atoms with Gasteiger partial charge < -0.3 is 9.52 Å². The molecule has 1 aromatic rings. The van der Waals surface area contributed by atoms with Gasteiger partial charge in [-0.25, -0.2) is 0 Å². The largest absolute Gasteiger partial charge is 0.481 e. The highest BCUT2D eigenvalue weighted by atomic mass is 32.2. The molecule has 1 saturated carbocycles. The number of carboxylic acids is 1. The molecule has 0 radical (unpaired) electrons. The number of rotatable bonds is 5. The Balaban J connectivity index is 1.69. The number of aryl methyl sites for hydroxylation is 1. The quantitative estimate of drug-likeness (QED) is 0.838. The second kappa shape index (κ2) is 4.31. The molecule has 0 aliphatic heterocycles. The van der Waals surface area contributed by atoms with Crippen molar-refractivity contribution in [3.8, 4) is 0 Å². The molecule has 0 bridgehead atoms. The molecule has 1 fully saturated rings. The smallest absolute Gasteiger partial charge is 0.306 e. The number of carboxylic acid groups (broad SMARTS) is 1. The first-order valence-electron chi connectivity index (χ1n) is 5.02. The Morgan fingerprint density at radius 2 is 2.53 bits per heavy atom. The average molecular weight is 226 g/mol. The van der Waals surface area contributed by atoms with Crippen molar-refractivity contribution in [2.45, 2.75) is 19.1 Å². The lowest BCUT2D eigenvalue weighted by Crippen LogP contribution is -2.00. The maximum Gasteiger partial charge on any atom is 0.306 e. The summed E-state index contributed by atoms with van der Waals surface area (Å²) in [5.74, 6) is 2.43. The standard InChI is InChI=1S/C11H14O3S/c1-7-2-3-14-10(7)6-15-5-8-4-9(8)11(12)13/h2-3,8-9H,4-6H2,1H3,(H,12,13)/t8-,9+/m0/s1. The van der Waals surface area contributed by atoms with E-state index in [1.54, 1.807) is 18.0 Å². The monoisotopic (exact) mass is 226 g/mol. The van der Waals surface area contributed by atoms with Gasteiger partial charge in [0.15, 0.2) is 0 Å². The third kappa shape index (κ3) is 2.56. The molecule has 0 amide bonds. The van der Waals surface area contributed by atoms with Gasteiger partial charge in [0.1, 0.15) is 5.76 Å². The van der Waals surface area contributed by atoms with Crippen LogP contribution in [0.25, 0.3) is 0 Å². The van der Waals surface area contributed by atoms with Crippen molar-refractivity contribution in [2.24, 2.45) is 11.8 Å². The lowest BCUT2D eigenvalue weighted by atomic mass is 10.3. The maximum absolute atomic E-state index is 10.6. The van der Waals surface area contributed by atoms with Crippen molar-refractivity contribution >= 4 is 17.7 Å². The molecule has 2 atom stereocenters. The minimum absolute atomic E-state index is 0.0878. The Hall–Kier alpha value is -0.900. The van der Waals surface area contributed by atoms with Gasteiger partial charge in [-0.1, -0.05) is 0 Å². The Bertz CT molecular complexity index is 358. The highest BCUT2D eigenvalue weighted by Crippen LogP contribution is 2.41. The zero-order valence-corrected chi connectivity index (χ0v) is 9.42. The van der Waals surface area contributed by atoms with Gasteiger partial charge in [0.25, 0.3) is 0 Å². The van der Waals surface area contributed by atoms with Crippen LogP contribution in [0.3, 0.4) is 0 Å². The number of furan rings is 1. The lowest BCUT2D eigenvalue weighted by molar-refractivity contribution is -0.138. The second-order valence-electron chi connectivity index (χ2n) is 3.98. The number of carbonyl (C=O) groups is 1. The van der Waals surface area contributed by atoms with Gasteiger partial charge >= 0.3 is 5.97 Å². The van der Waals surface area contributed by atoms with Gasteiger partial charge in [-0.05, 0) is 36.6 Å². The van der Waals surface area contributed by atoms with E-state index in [1.807, 2.05) is 13.0 Å². The predicted molar refractivity (Wildman–Crippen MR) is 58.8 cm³/mol. The van der Waals surface area contributed by atoms with E-state index in [9.17, 15) is 4.79 Å². The van der Waals surface area contributed by atoms with Crippen molar-refractivity contribution in [3.63, 3.8) is 0 Å². The summed E-state index contributed by atoms with van der Waals surface area (Å²) >= 11 is 1.76. The van der Waals surface area contributed by atoms with Crippen LogP contribution in [-0.4, -0.2) is 16.8 Å². The molecule has 0 unspecified atom stereocenters. The van der Waals surface area contributed by atoms with Gasteiger partial charge in [-0.15, -0.1) is 0 Å². The number of thioether (sulfide) groups is 1. The summed E-state index contributed by atoms with van der Waals surface area (Å²) in [5.41, 5.74) is 1.17. The summed E-state index contributed by atoms with van der Waals surface area (Å²) in [4.78, 5) is 10.6. The molecule has 0 saturated heterocycles. The van der Waals surface area contributed by atoms with Crippen LogP contribution in [0.4, 0.5) is 0 Å². The zero-order valence-electron chi connectivity index (χ0n) is 8.60. The fourth-order valence-electron chi connectivity index (χ4n) is 1.59. The van der Waals surface area contributed by atoms with Crippen molar-refractivity contribution in [3.05, 3.63) is 23.7 Å². The van der Waals surface area contributed by atoms with E-state index in [-0.39, 0.29) is 5.92 Å². The van der Waals surface area contributed by atoms with Gasteiger partial charge in [-0.3, -0.25) is 4.79 Å². The minimum atomic E-state index is -0.644. The molecule has 15 heavy (non-hydrogen) atoms. The van der Waals surface area contributed by atoms with Crippen molar-refractivity contribution in [1.29, 1.82) is 0 Å². The Morgan fingerprint density at radius 3 is 3.07 bits per heavy atom. The molecule has 1 aromatic heterocycles. The van der Waals surface area contributed by atoms with Crippen molar-refractivity contribution in [1.82, 2.24) is 0 Å². The molecule has 1 heterocycles. The summed E-state index contributed by atoms with van der Waals surface area (Å²) in [6.07, 6.45) is 2.54. The Morgan fingerprint density at radius 1 is 1.73 bits per heavy atom. The molecule has 1 aliphatic carbocycles. The van der Waals surface area contributed by atoms with E-state index < -0.39 is 5.97 Å². The minimum Gasteiger partial charge on any atom is -0.481 e. The molecular weight excluding hydrogens is 212 g/mol. The summed E-state index contributed by atoms with van der Waals surface area (Å²) in [6.45, 7) is 2.02. The molecule has 82 valence electrons. The van der Waals surface area contributed by atoms with Crippen LogP contribution in [-0.2, 0) is 10.5 Å². The fraction of sp³-hybridized carbons (Fsp3) is 0.545. The molecule has 1 N–H and O–H groups in total. The second-order valence-corrected chi connectivity index (χ2v) is 5.01. The van der Waals surface area contributed by atoms with Gasteiger partial charge in [0, 0.05) is 0 Å². The van der Waals surface area contributed by atoms with Crippen LogP contribution in [0, 0.1) is 18.8 Å². The lowest BCUT2D eigenvalue weighted by Gasteiger charge is -1.98. The SMILES string of the molecule is Cc1ccoc1CSC[C@@H]1C[C@H]1C(=O)O. The van der Waals surface area contributed by atoms with Gasteiger partial charge in [-0.2, -0.15) is 11.8 Å². The van der Waals surface area contributed by atoms with E-state index in [2.05, 4.69) is 0 Å². The third-order valence-corrected chi connectivity index (χ3v) is 3.90. The van der Waals surface area contributed by atoms with Crippen LogP contribution in [0.2, 0.25) is 0 Å². The topological polar surface area (TPSA) is 50.4 Å². The molecular formula is C11H14O3S. The predicted octanol–water partition coefficient (Wildman–Crippen LogP) is 2.54. The number of hydrogen-bond acceptors (Lipinski definition) is 3. The van der Waals surface area contributed by atoms with E-state index in [0.29, 0.717) is 5.92 Å². The maximum atomic E-state index is 10.6. The van der Waals surface area contributed by atoms with Crippen molar-refractivity contribution < 1.29 is 14.3 Å². The zero-order chi connectivity index (χ0) is 10.8. The van der Waals surface area contributed by atoms with Crippen LogP contribution in [0.1, 0.15) is 17.7 Å². The number of hydrogen-bond donors (Lipinski definition) is 1. The van der Waals surface area contributed by atoms with Crippen LogP contribution in [0.5, 0.6) is 0 Å². The normalized spacial score (nSPS) is 24.1. The van der Waals surface area contributed by atoms with Gasteiger partial charge in [0.05, 0.1) is 17.9 Å². The highest BCUT2D eigenvalue weighted by Gasteiger charge is 2.42. The summed E-state index contributed by atoms with van der Waals surface area (Å²) in [6, 6.07) is 1.95.